The highest BCUT2D eigenvalue weighted by Crippen LogP contribution is 2.35. The monoisotopic (exact) mass is 250 g/mol. The number of halogens is 2. The molecule has 1 aromatic rings. The molecular weight excluding hydrogens is 234 g/mol. The molecule has 1 aromatic carbocycles. The van der Waals surface area contributed by atoms with Gasteiger partial charge in [-0.2, -0.15) is 0 Å². The third-order valence-corrected chi connectivity index (χ3v) is 3.36. The molecule has 0 bridgehead atoms. The summed E-state index contributed by atoms with van der Waals surface area (Å²) >= 11 is 0. The van der Waals surface area contributed by atoms with E-state index in [0.717, 1.165) is 11.8 Å². The lowest BCUT2D eigenvalue weighted by Gasteiger charge is -2.43. The molecule has 0 amide bonds. The average Bonchev–Trinajstić information content (AvgIpc) is 2.24. The number of nitrogens with zero attached hydrogens (tertiary/aromatic N) is 1. The number of hydrogen-bond acceptors (Lipinski definition) is 2. The summed E-state index contributed by atoms with van der Waals surface area (Å²) in [4.78, 5) is 1.83. The number of hydrogen-bond donors (Lipinski definition) is 1. The standard InChI is InChI=1S/C14H16F2N2/c1-9-8-14(3,17-10(2)18(9)4)11-5-12(15)7-13(16)6-11/h5-7,17H,1-2,8H2,3-4H3/t14-/m0/s1. The van der Waals surface area contributed by atoms with Crippen molar-refractivity contribution in [2.24, 2.45) is 0 Å². The third-order valence-electron chi connectivity index (χ3n) is 3.36. The summed E-state index contributed by atoms with van der Waals surface area (Å²) in [6, 6.07) is 3.54. The normalized spacial score (nSPS) is 24.1. The summed E-state index contributed by atoms with van der Waals surface area (Å²) in [6.45, 7) is 9.71. The Balaban J connectivity index is 2.42. The lowest BCUT2D eigenvalue weighted by atomic mass is 9.85. The van der Waals surface area contributed by atoms with Crippen LogP contribution >= 0.6 is 0 Å². The molecule has 1 atom stereocenters. The van der Waals surface area contributed by atoms with Gasteiger partial charge in [-0.3, -0.25) is 0 Å². The smallest absolute Gasteiger partial charge is 0.126 e. The molecule has 2 nitrogen and oxygen atoms in total. The summed E-state index contributed by atoms with van der Waals surface area (Å²) in [5.41, 5.74) is 0.810. The van der Waals surface area contributed by atoms with E-state index in [1.807, 2.05) is 18.9 Å². The molecule has 0 spiro atoms. The molecule has 1 fully saturated rings. The van der Waals surface area contributed by atoms with Crippen molar-refractivity contribution in [3.05, 3.63) is 60.1 Å². The van der Waals surface area contributed by atoms with E-state index >= 15 is 0 Å². The SMILES string of the molecule is C=C1C[C@@](C)(c2cc(F)cc(F)c2)NC(=C)N1C. The van der Waals surface area contributed by atoms with Crippen LogP contribution in [0.25, 0.3) is 0 Å². The predicted octanol–water partition coefficient (Wildman–Crippen LogP) is 3.09. The summed E-state index contributed by atoms with van der Waals surface area (Å²) in [6.07, 6.45) is 0.561. The molecule has 0 aromatic heterocycles. The second-order valence-corrected chi connectivity index (χ2v) is 4.86. The van der Waals surface area contributed by atoms with E-state index < -0.39 is 17.2 Å². The van der Waals surface area contributed by atoms with Gasteiger partial charge in [-0.25, -0.2) is 8.78 Å². The van der Waals surface area contributed by atoms with Crippen molar-refractivity contribution in [3.8, 4) is 0 Å². The van der Waals surface area contributed by atoms with Crippen LogP contribution in [0, 0.1) is 11.6 Å². The first kappa shape index (κ1) is 12.6. The molecule has 0 radical (unpaired) electrons. The van der Waals surface area contributed by atoms with E-state index in [2.05, 4.69) is 18.5 Å². The zero-order valence-corrected chi connectivity index (χ0v) is 10.6. The quantitative estimate of drug-likeness (QED) is 0.824. The lowest BCUT2D eigenvalue weighted by Crippen LogP contribution is -2.48. The maximum atomic E-state index is 13.3. The van der Waals surface area contributed by atoms with Gasteiger partial charge in [-0.1, -0.05) is 13.2 Å². The van der Waals surface area contributed by atoms with E-state index in [9.17, 15) is 8.78 Å². The minimum Gasteiger partial charge on any atom is -0.362 e. The Morgan fingerprint density at radius 3 is 2.28 bits per heavy atom. The van der Waals surface area contributed by atoms with Gasteiger partial charge in [-0.05, 0) is 24.6 Å². The molecule has 1 N–H and O–H groups in total. The molecule has 1 heterocycles. The second kappa shape index (κ2) is 4.12. The summed E-state index contributed by atoms with van der Waals surface area (Å²) in [7, 11) is 1.85. The van der Waals surface area contributed by atoms with Crippen LogP contribution in [0.1, 0.15) is 18.9 Å². The molecule has 1 aliphatic heterocycles. The average molecular weight is 250 g/mol. The summed E-state index contributed by atoms with van der Waals surface area (Å²) < 4.78 is 26.6. The lowest BCUT2D eigenvalue weighted by molar-refractivity contribution is 0.267. The number of rotatable bonds is 1. The molecule has 2 rings (SSSR count). The van der Waals surface area contributed by atoms with E-state index in [0.29, 0.717) is 17.8 Å². The van der Waals surface area contributed by atoms with Crippen molar-refractivity contribution >= 4 is 0 Å². The zero-order valence-electron chi connectivity index (χ0n) is 10.6. The van der Waals surface area contributed by atoms with Crippen LogP contribution in [0.5, 0.6) is 0 Å². The van der Waals surface area contributed by atoms with Gasteiger partial charge in [0, 0.05) is 25.2 Å². The molecule has 4 heteroatoms. The van der Waals surface area contributed by atoms with Gasteiger partial charge < -0.3 is 10.2 Å². The molecule has 1 saturated heterocycles. The van der Waals surface area contributed by atoms with E-state index in [4.69, 9.17) is 0 Å². The molecule has 18 heavy (non-hydrogen) atoms. The highest BCUT2D eigenvalue weighted by molar-refractivity contribution is 5.31. The van der Waals surface area contributed by atoms with Gasteiger partial charge in [0.2, 0.25) is 0 Å². The van der Waals surface area contributed by atoms with E-state index in [1.165, 1.54) is 12.1 Å². The number of nitrogens with one attached hydrogen (secondary N) is 1. The highest BCUT2D eigenvalue weighted by atomic mass is 19.1. The van der Waals surface area contributed by atoms with Crippen molar-refractivity contribution in [2.75, 3.05) is 7.05 Å². The van der Waals surface area contributed by atoms with Gasteiger partial charge in [0.15, 0.2) is 0 Å². The van der Waals surface area contributed by atoms with Crippen LogP contribution in [0.2, 0.25) is 0 Å². The Kier molecular flexibility index (Phi) is 2.89. The molecule has 1 aliphatic rings. The van der Waals surface area contributed by atoms with E-state index in [1.54, 1.807) is 0 Å². The topological polar surface area (TPSA) is 15.3 Å². The molecule has 96 valence electrons. The largest absolute Gasteiger partial charge is 0.362 e. The first-order chi connectivity index (χ1) is 8.32. The Morgan fingerprint density at radius 2 is 1.78 bits per heavy atom. The van der Waals surface area contributed by atoms with Gasteiger partial charge in [0.1, 0.15) is 11.6 Å². The van der Waals surface area contributed by atoms with Crippen LogP contribution in [-0.2, 0) is 5.54 Å². The van der Waals surface area contributed by atoms with Crippen molar-refractivity contribution in [3.63, 3.8) is 0 Å². The second-order valence-electron chi connectivity index (χ2n) is 4.86. The maximum Gasteiger partial charge on any atom is 0.126 e. The Morgan fingerprint density at radius 1 is 1.22 bits per heavy atom. The first-order valence-corrected chi connectivity index (χ1v) is 5.67. The third kappa shape index (κ3) is 2.10. The minimum atomic E-state index is -0.594. The fraction of sp³-hybridized carbons (Fsp3) is 0.286. The number of benzene rings is 1. The van der Waals surface area contributed by atoms with Crippen molar-refractivity contribution in [1.29, 1.82) is 0 Å². The highest BCUT2D eigenvalue weighted by Gasteiger charge is 2.34. The van der Waals surface area contributed by atoms with Crippen LogP contribution < -0.4 is 5.32 Å². The van der Waals surface area contributed by atoms with Gasteiger partial charge in [0.05, 0.1) is 11.4 Å². The van der Waals surface area contributed by atoms with Crippen molar-refractivity contribution < 1.29 is 8.78 Å². The fourth-order valence-electron chi connectivity index (χ4n) is 2.21. The Labute approximate surface area is 106 Å². The van der Waals surface area contributed by atoms with Crippen molar-refractivity contribution in [1.82, 2.24) is 10.2 Å². The van der Waals surface area contributed by atoms with Gasteiger partial charge in [-0.15, -0.1) is 0 Å². The Hall–Kier alpha value is -1.84. The summed E-state index contributed by atoms with van der Waals surface area (Å²) in [5.74, 6) is -0.496. The zero-order chi connectivity index (χ0) is 13.5. The summed E-state index contributed by atoms with van der Waals surface area (Å²) in [5, 5.41) is 3.18. The maximum absolute atomic E-state index is 13.3. The van der Waals surface area contributed by atoms with Crippen LogP contribution in [0.4, 0.5) is 8.78 Å². The van der Waals surface area contributed by atoms with Crippen LogP contribution in [-0.4, -0.2) is 11.9 Å². The minimum absolute atomic E-state index is 0.551. The van der Waals surface area contributed by atoms with Crippen LogP contribution in [0.3, 0.4) is 0 Å². The molecular formula is C14H16F2N2. The fourth-order valence-corrected chi connectivity index (χ4v) is 2.21. The Bertz CT molecular complexity index is 484. The van der Waals surface area contributed by atoms with Gasteiger partial charge in [0.25, 0.3) is 0 Å². The van der Waals surface area contributed by atoms with Crippen LogP contribution in [0.15, 0.2) is 42.9 Å². The molecule has 0 unspecified atom stereocenters. The molecule has 0 aliphatic carbocycles. The molecule has 0 saturated carbocycles. The van der Waals surface area contributed by atoms with Crippen molar-refractivity contribution in [2.45, 2.75) is 18.9 Å². The predicted molar refractivity (Wildman–Crippen MR) is 67.5 cm³/mol. The van der Waals surface area contributed by atoms with E-state index in [-0.39, 0.29) is 0 Å². The van der Waals surface area contributed by atoms with Gasteiger partial charge >= 0.3 is 0 Å². The first-order valence-electron chi connectivity index (χ1n) is 5.67.